The second-order valence-corrected chi connectivity index (χ2v) is 7.64. The van der Waals surface area contributed by atoms with Gasteiger partial charge in [-0.2, -0.15) is 5.10 Å². The van der Waals surface area contributed by atoms with Crippen molar-refractivity contribution in [1.29, 1.82) is 0 Å². The van der Waals surface area contributed by atoms with Gasteiger partial charge in [-0.15, -0.1) is 0 Å². The number of benzene rings is 2. The number of rotatable bonds is 5. The minimum absolute atomic E-state index is 0.211. The molecule has 4 aromatic rings. The number of anilines is 1. The quantitative estimate of drug-likeness (QED) is 0.516. The third-order valence-corrected chi connectivity index (χ3v) is 5.64. The Kier molecular flexibility index (Phi) is 5.52. The van der Waals surface area contributed by atoms with Crippen molar-refractivity contribution in [3.8, 4) is 5.69 Å². The molecule has 0 unspecified atom stereocenters. The molecule has 4 rings (SSSR count). The molecule has 158 valence electrons. The summed E-state index contributed by atoms with van der Waals surface area (Å²) in [5.74, 6) is -0.465. The lowest BCUT2D eigenvalue weighted by Gasteiger charge is -2.07. The maximum atomic E-state index is 13.1. The number of para-hydroxylation sites is 1. The highest BCUT2D eigenvalue weighted by molar-refractivity contribution is 6.33. The smallest absolute Gasteiger partial charge is 0.295 e. The molecule has 2 aromatic carbocycles. The predicted octanol–water partition coefficient (Wildman–Crippen LogP) is 3.94. The van der Waals surface area contributed by atoms with Crippen LogP contribution in [0.15, 0.2) is 65.5 Å². The molecule has 0 radical (unpaired) electrons. The van der Waals surface area contributed by atoms with E-state index in [1.807, 2.05) is 60.7 Å². The molecule has 0 atom stereocenters. The van der Waals surface area contributed by atoms with Crippen molar-refractivity contribution < 1.29 is 4.79 Å². The van der Waals surface area contributed by atoms with E-state index < -0.39 is 5.91 Å². The molecule has 0 saturated heterocycles. The van der Waals surface area contributed by atoms with E-state index in [2.05, 4.69) is 10.4 Å². The summed E-state index contributed by atoms with van der Waals surface area (Å²) in [7, 11) is 1.77. The lowest BCUT2D eigenvalue weighted by Crippen LogP contribution is -2.23. The third-order valence-electron chi connectivity index (χ3n) is 5.26. The predicted molar refractivity (Wildman–Crippen MR) is 121 cm³/mol. The summed E-state index contributed by atoms with van der Waals surface area (Å²) >= 11 is 6.50. The van der Waals surface area contributed by atoms with Gasteiger partial charge in [-0.25, -0.2) is 9.36 Å². The van der Waals surface area contributed by atoms with E-state index >= 15 is 0 Å². The lowest BCUT2D eigenvalue weighted by molar-refractivity contribution is 0.102. The van der Waals surface area contributed by atoms with Crippen molar-refractivity contribution in [2.24, 2.45) is 7.05 Å². The molecule has 0 spiro atoms. The molecular formula is C23H22ClN5O2. The second kappa shape index (κ2) is 8.28. The Labute approximate surface area is 184 Å². The molecule has 0 fully saturated rings. The van der Waals surface area contributed by atoms with Gasteiger partial charge in [-0.3, -0.25) is 14.3 Å². The highest BCUT2D eigenvalue weighted by atomic mass is 35.5. The van der Waals surface area contributed by atoms with Crippen molar-refractivity contribution in [3.05, 3.63) is 98.7 Å². The zero-order valence-corrected chi connectivity index (χ0v) is 18.2. The molecule has 0 aliphatic heterocycles. The van der Waals surface area contributed by atoms with E-state index in [0.29, 0.717) is 23.6 Å². The Balaban J connectivity index is 1.66. The minimum atomic E-state index is -0.465. The monoisotopic (exact) mass is 435 g/mol. The molecule has 7 nitrogen and oxygen atoms in total. The van der Waals surface area contributed by atoms with Crippen LogP contribution in [0.4, 0.5) is 5.69 Å². The van der Waals surface area contributed by atoms with E-state index in [1.54, 1.807) is 30.3 Å². The number of nitrogens with zero attached hydrogens (tertiary/aromatic N) is 4. The van der Waals surface area contributed by atoms with E-state index in [9.17, 15) is 9.59 Å². The van der Waals surface area contributed by atoms with Crippen LogP contribution < -0.4 is 10.9 Å². The Hall–Kier alpha value is -3.58. The van der Waals surface area contributed by atoms with E-state index in [1.165, 1.54) is 4.68 Å². The molecular weight excluding hydrogens is 414 g/mol. The van der Waals surface area contributed by atoms with Crippen molar-refractivity contribution in [1.82, 2.24) is 19.1 Å². The summed E-state index contributed by atoms with van der Waals surface area (Å²) in [5.41, 5.74) is 3.01. The number of aromatic nitrogens is 4. The lowest BCUT2D eigenvalue weighted by atomic mass is 10.2. The number of hydrogen-bond acceptors (Lipinski definition) is 3. The molecule has 31 heavy (non-hydrogen) atoms. The molecule has 0 aliphatic carbocycles. The summed E-state index contributed by atoms with van der Waals surface area (Å²) in [6.45, 7) is 3.95. The van der Waals surface area contributed by atoms with Crippen LogP contribution >= 0.6 is 11.6 Å². The van der Waals surface area contributed by atoms with Crippen LogP contribution in [0.2, 0.25) is 5.15 Å². The third kappa shape index (κ3) is 3.80. The van der Waals surface area contributed by atoms with Crippen LogP contribution in [-0.4, -0.2) is 25.1 Å². The van der Waals surface area contributed by atoms with Gasteiger partial charge in [0, 0.05) is 7.05 Å². The van der Waals surface area contributed by atoms with Crippen molar-refractivity contribution in [2.75, 3.05) is 5.32 Å². The first-order valence-corrected chi connectivity index (χ1v) is 10.2. The highest BCUT2D eigenvalue weighted by Crippen LogP contribution is 2.23. The SMILES string of the molecule is Cc1nn(Cc2ccccc2)c(Cl)c1C(=O)Nc1c(C)n(C)n(-c2ccccc2)c1=O. The Morgan fingerprint density at radius 2 is 1.65 bits per heavy atom. The fraction of sp³-hybridized carbons (Fsp3) is 0.174. The van der Waals surface area contributed by atoms with Crippen LogP contribution in [0, 0.1) is 13.8 Å². The van der Waals surface area contributed by atoms with Gasteiger partial charge >= 0.3 is 0 Å². The molecule has 0 bridgehead atoms. The van der Waals surface area contributed by atoms with Crippen LogP contribution in [0.25, 0.3) is 5.69 Å². The van der Waals surface area contributed by atoms with Crippen molar-refractivity contribution >= 4 is 23.2 Å². The summed E-state index contributed by atoms with van der Waals surface area (Å²) in [5, 5.41) is 7.40. The number of halogens is 1. The Bertz CT molecular complexity index is 1300. The summed E-state index contributed by atoms with van der Waals surface area (Å²) < 4.78 is 4.81. The number of hydrogen-bond donors (Lipinski definition) is 1. The molecule has 2 heterocycles. The zero-order chi connectivity index (χ0) is 22.1. The first-order chi connectivity index (χ1) is 14.9. The average Bonchev–Trinajstić information content (AvgIpc) is 3.16. The van der Waals surface area contributed by atoms with Gasteiger partial charge in [0.2, 0.25) is 0 Å². The van der Waals surface area contributed by atoms with Crippen LogP contribution in [-0.2, 0) is 13.6 Å². The van der Waals surface area contributed by atoms with Crippen LogP contribution in [0.5, 0.6) is 0 Å². The van der Waals surface area contributed by atoms with Crippen LogP contribution in [0.3, 0.4) is 0 Å². The van der Waals surface area contributed by atoms with Gasteiger partial charge in [0.05, 0.1) is 29.2 Å². The largest absolute Gasteiger partial charge is 0.316 e. The summed E-state index contributed by atoms with van der Waals surface area (Å²) in [6.07, 6.45) is 0. The van der Waals surface area contributed by atoms with E-state index in [-0.39, 0.29) is 22.0 Å². The minimum Gasteiger partial charge on any atom is -0.316 e. The molecule has 0 saturated carbocycles. The molecule has 2 aromatic heterocycles. The van der Waals surface area contributed by atoms with Gasteiger partial charge < -0.3 is 5.32 Å². The zero-order valence-electron chi connectivity index (χ0n) is 17.5. The summed E-state index contributed by atoms with van der Waals surface area (Å²) in [4.78, 5) is 26.1. The second-order valence-electron chi connectivity index (χ2n) is 7.29. The number of carbonyl (C=O) groups excluding carboxylic acids is 1. The normalized spacial score (nSPS) is 11.0. The van der Waals surface area contributed by atoms with E-state index in [0.717, 1.165) is 5.56 Å². The van der Waals surface area contributed by atoms with Gasteiger partial charge in [0.1, 0.15) is 10.8 Å². The standard InChI is InChI=1S/C23H22ClN5O2/c1-15-19(21(24)28(26-15)14-17-10-6-4-7-11-17)22(30)25-20-16(2)27(3)29(23(20)31)18-12-8-5-9-13-18/h4-13H,14H2,1-3H3,(H,25,30). The summed E-state index contributed by atoms with van der Waals surface area (Å²) in [6, 6.07) is 19.0. The average molecular weight is 436 g/mol. The first-order valence-electron chi connectivity index (χ1n) is 9.80. The number of nitrogens with one attached hydrogen (secondary N) is 1. The fourth-order valence-corrected chi connectivity index (χ4v) is 3.88. The number of aryl methyl sites for hydroxylation is 1. The maximum Gasteiger partial charge on any atom is 0.295 e. The van der Waals surface area contributed by atoms with Gasteiger partial charge in [0.15, 0.2) is 0 Å². The molecule has 1 N–H and O–H groups in total. The first kappa shape index (κ1) is 20.7. The molecule has 1 amide bonds. The maximum absolute atomic E-state index is 13.1. The molecule has 8 heteroatoms. The van der Waals surface area contributed by atoms with Gasteiger partial charge in [0.25, 0.3) is 11.5 Å². The van der Waals surface area contributed by atoms with E-state index in [4.69, 9.17) is 11.6 Å². The fourth-order valence-electron chi connectivity index (χ4n) is 3.56. The number of carbonyl (C=O) groups is 1. The number of amides is 1. The topological polar surface area (TPSA) is 73.8 Å². The van der Waals surface area contributed by atoms with Gasteiger partial charge in [-0.1, -0.05) is 60.1 Å². The van der Waals surface area contributed by atoms with Crippen LogP contribution in [0.1, 0.15) is 27.3 Å². The Morgan fingerprint density at radius 1 is 1.03 bits per heavy atom. The van der Waals surface area contributed by atoms with Crippen molar-refractivity contribution in [3.63, 3.8) is 0 Å². The molecule has 0 aliphatic rings. The highest BCUT2D eigenvalue weighted by Gasteiger charge is 2.24. The van der Waals surface area contributed by atoms with Gasteiger partial charge in [-0.05, 0) is 31.5 Å². The van der Waals surface area contributed by atoms with Crippen molar-refractivity contribution in [2.45, 2.75) is 20.4 Å². The Morgan fingerprint density at radius 3 is 2.29 bits per heavy atom.